The Kier molecular flexibility index (Phi) is 5.19. The third-order valence-electron chi connectivity index (χ3n) is 3.21. The number of ketones is 1. The molecule has 2 aromatic rings. The highest BCUT2D eigenvalue weighted by atomic mass is 16.5. The fourth-order valence-electron chi connectivity index (χ4n) is 1.99. The lowest BCUT2D eigenvalue weighted by Crippen LogP contribution is -2.05. The summed E-state index contributed by atoms with van der Waals surface area (Å²) < 4.78 is 15.2. The minimum atomic E-state index is -0.266. The first-order valence-corrected chi connectivity index (χ1v) is 6.80. The van der Waals surface area contributed by atoms with Gasteiger partial charge in [-0.15, -0.1) is 0 Å². The molecule has 0 atom stereocenters. The van der Waals surface area contributed by atoms with Crippen molar-refractivity contribution >= 4 is 11.9 Å². The van der Waals surface area contributed by atoms with Gasteiger partial charge in [-0.3, -0.25) is 9.59 Å². The van der Waals surface area contributed by atoms with Crippen LogP contribution in [0.2, 0.25) is 0 Å². The number of hydrogen-bond donors (Lipinski definition) is 1. The van der Waals surface area contributed by atoms with Crippen LogP contribution in [0.5, 0.6) is 17.2 Å². The number of nitrogens with one attached hydrogen (secondary N) is 1. The van der Waals surface area contributed by atoms with Crippen molar-refractivity contribution in [3.8, 4) is 17.2 Å². The van der Waals surface area contributed by atoms with Crippen molar-refractivity contribution in [2.24, 2.45) is 0 Å². The molecule has 0 amide bonds. The molecule has 0 fully saturated rings. The molecule has 0 aliphatic rings. The second-order valence-electron chi connectivity index (χ2n) is 4.58. The first-order chi connectivity index (χ1) is 11.1. The van der Waals surface area contributed by atoms with Crippen molar-refractivity contribution in [3.63, 3.8) is 0 Å². The van der Waals surface area contributed by atoms with E-state index in [1.165, 1.54) is 45.7 Å². The van der Waals surface area contributed by atoms with Crippen molar-refractivity contribution in [1.29, 1.82) is 0 Å². The Bertz CT molecular complexity index is 792. The zero-order chi connectivity index (χ0) is 16.8. The number of benzene rings is 1. The van der Waals surface area contributed by atoms with Crippen molar-refractivity contribution < 1.29 is 19.0 Å². The molecule has 1 aromatic carbocycles. The zero-order valence-corrected chi connectivity index (χ0v) is 13.1. The number of hydrogen-bond acceptors (Lipinski definition) is 5. The summed E-state index contributed by atoms with van der Waals surface area (Å²) in [5, 5.41) is 0. The number of aromatic amines is 1. The van der Waals surface area contributed by atoms with Gasteiger partial charge in [-0.25, -0.2) is 0 Å². The Balaban J connectivity index is 2.28. The number of carbonyl (C=O) groups excluding carboxylic acids is 1. The molecule has 0 aliphatic heterocycles. The molecule has 0 spiro atoms. The van der Waals surface area contributed by atoms with E-state index in [2.05, 4.69) is 4.98 Å². The molecular formula is C17H17NO5. The Hall–Kier alpha value is -3.02. The highest BCUT2D eigenvalue weighted by molar-refractivity contribution is 6.08. The topological polar surface area (TPSA) is 77.6 Å². The summed E-state index contributed by atoms with van der Waals surface area (Å²) in [4.78, 5) is 26.9. The van der Waals surface area contributed by atoms with Crippen molar-refractivity contribution in [2.45, 2.75) is 0 Å². The first-order valence-electron chi connectivity index (χ1n) is 6.80. The van der Waals surface area contributed by atoms with E-state index in [9.17, 15) is 9.59 Å². The maximum atomic E-state index is 12.3. The number of carbonyl (C=O) groups is 1. The largest absolute Gasteiger partial charge is 0.497 e. The van der Waals surface area contributed by atoms with Gasteiger partial charge >= 0.3 is 0 Å². The number of pyridine rings is 1. The van der Waals surface area contributed by atoms with Gasteiger partial charge in [0.2, 0.25) is 5.43 Å². The van der Waals surface area contributed by atoms with Gasteiger partial charge in [0, 0.05) is 18.0 Å². The third-order valence-corrected chi connectivity index (χ3v) is 3.21. The fraction of sp³-hybridized carbons (Fsp3) is 0.176. The van der Waals surface area contributed by atoms with Crippen LogP contribution in [-0.2, 0) is 0 Å². The Morgan fingerprint density at radius 3 is 2.39 bits per heavy atom. The number of ether oxygens (including phenoxy) is 3. The van der Waals surface area contributed by atoms with E-state index < -0.39 is 0 Å². The van der Waals surface area contributed by atoms with Crippen LogP contribution in [0.3, 0.4) is 0 Å². The molecule has 1 N–H and O–H groups in total. The highest BCUT2D eigenvalue weighted by Crippen LogP contribution is 2.24. The van der Waals surface area contributed by atoms with Gasteiger partial charge in [-0.2, -0.15) is 0 Å². The van der Waals surface area contributed by atoms with Gasteiger partial charge in [0.25, 0.3) is 0 Å². The number of rotatable bonds is 6. The Morgan fingerprint density at radius 1 is 1.04 bits per heavy atom. The molecule has 2 rings (SSSR count). The van der Waals surface area contributed by atoms with E-state index in [4.69, 9.17) is 14.2 Å². The van der Waals surface area contributed by atoms with Gasteiger partial charge in [0.1, 0.15) is 11.5 Å². The van der Waals surface area contributed by atoms with Crippen LogP contribution in [0.1, 0.15) is 16.1 Å². The molecule has 23 heavy (non-hydrogen) atoms. The molecule has 0 saturated heterocycles. The maximum absolute atomic E-state index is 12.3. The zero-order valence-electron chi connectivity index (χ0n) is 13.1. The van der Waals surface area contributed by atoms with Crippen molar-refractivity contribution in [2.75, 3.05) is 21.3 Å². The summed E-state index contributed by atoms with van der Waals surface area (Å²) in [7, 11) is 4.43. The van der Waals surface area contributed by atoms with Gasteiger partial charge in [-0.1, -0.05) is 0 Å². The van der Waals surface area contributed by atoms with Crippen molar-refractivity contribution in [1.82, 2.24) is 4.98 Å². The van der Waals surface area contributed by atoms with Gasteiger partial charge < -0.3 is 19.2 Å². The summed E-state index contributed by atoms with van der Waals surface area (Å²) in [5.74, 6) is 0.949. The fourth-order valence-corrected chi connectivity index (χ4v) is 1.99. The molecular weight excluding hydrogens is 298 g/mol. The van der Waals surface area contributed by atoms with E-state index in [0.29, 0.717) is 22.8 Å². The summed E-state index contributed by atoms with van der Waals surface area (Å²) in [5.41, 5.74) is 0.599. The van der Waals surface area contributed by atoms with Gasteiger partial charge in [0.05, 0.1) is 26.9 Å². The molecule has 0 unspecified atom stereocenters. The normalized spacial score (nSPS) is 10.6. The lowest BCUT2D eigenvalue weighted by Gasteiger charge is -2.07. The molecule has 0 saturated carbocycles. The van der Waals surface area contributed by atoms with E-state index >= 15 is 0 Å². The lowest BCUT2D eigenvalue weighted by molar-refractivity contribution is 0.104. The number of methoxy groups -OCH3 is 3. The maximum Gasteiger partial charge on any atom is 0.223 e. The number of H-pyrrole nitrogens is 1. The summed E-state index contributed by atoms with van der Waals surface area (Å²) in [6.07, 6.45) is 4.32. The standard InChI is InChI=1S/C17H17NO5/c1-21-12-5-7-16(22-2)13(9-12)14(19)6-4-11-8-15(20)17(23-3)10-18-11/h4-10H,1-3H3,(H,18,20)/b6-4+. The summed E-state index contributed by atoms with van der Waals surface area (Å²) in [6.45, 7) is 0. The number of allylic oxidation sites excluding steroid dienone is 1. The first kappa shape index (κ1) is 16.4. The van der Waals surface area contributed by atoms with Crippen LogP contribution in [0.4, 0.5) is 0 Å². The predicted octanol–water partition coefficient (Wildman–Crippen LogP) is 2.30. The van der Waals surface area contributed by atoms with Crippen LogP contribution in [-0.4, -0.2) is 32.1 Å². The average molecular weight is 315 g/mol. The Labute approximate surface area is 133 Å². The Morgan fingerprint density at radius 2 is 1.78 bits per heavy atom. The minimum Gasteiger partial charge on any atom is -0.497 e. The van der Waals surface area contributed by atoms with Crippen LogP contribution >= 0.6 is 0 Å². The predicted molar refractivity (Wildman–Crippen MR) is 86.5 cm³/mol. The van der Waals surface area contributed by atoms with Crippen LogP contribution < -0.4 is 19.6 Å². The van der Waals surface area contributed by atoms with E-state index in [0.717, 1.165) is 0 Å². The lowest BCUT2D eigenvalue weighted by atomic mass is 10.1. The summed E-state index contributed by atoms with van der Waals surface area (Å²) in [6, 6.07) is 6.32. The quantitative estimate of drug-likeness (QED) is 0.654. The molecule has 0 radical (unpaired) electrons. The van der Waals surface area contributed by atoms with Crippen LogP contribution in [0.25, 0.3) is 6.08 Å². The molecule has 6 heteroatoms. The molecule has 0 aliphatic carbocycles. The molecule has 1 heterocycles. The van der Waals surface area contributed by atoms with Crippen LogP contribution in [0, 0.1) is 0 Å². The molecule has 120 valence electrons. The highest BCUT2D eigenvalue weighted by Gasteiger charge is 2.11. The SMILES string of the molecule is COc1ccc(OC)c(C(=O)/C=C/c2cc(=O)c(OC)c[nH]2)c1. The smallest absolute Gasteiger partial charge is 0.223 e. The minimum absolute atomic E-state index is 0.211. The molecule has 0 bridgehead atoms. The summed E-state index contributed by atoms with van der Waals surface area (Å²) >= 11 is 0. The van der Waals surface area contributed by atoms with E-state index in [-0.39, 0.29) is 17.0 Å². The third kappa shape index (κ3) is 3.79. The number of aromatic nitrogens is 1. The second-order valence-corrected chi connectivity index (χ2v) is 4.58. The van der Waals surface area contributed by atoms with E-state index in [1.54, 1.807) is 18.2 Å². The van der Waals surface area contributed by atoms with Crippen molar-refractivity contribution in [3.05, 3.63) is 58.0 Å². The molecule has 6 nitrogen and oxygen atoms in total. The van der Waals surface area contributed by atoms with Crippen LogP contribution in [0.15, 0.2) is 41.3 Å². The average Bonchev–Trinajstić information content (AvgIpc) is 2.59. The monoisotopic (exact) mass is 315 g/mol. The van der Waals surface area contributed by atoms with Gasteiger partial charge in [0.15, 0.2) is 11.5 Å². The van der Waals surface area contributed by atoms with Gasteiger partial charge in [-0.05, 0) is 30.4 Å². The second kappa shape index (κ2) is 7.31. The van der Waals surface area contributed by atoms with E-state index in [1.807, 2.05) is 0 Å². The molecule has 1 aromatic heterocycles.